The fourth-order valence-corrected chi connectivity index (χ4v) is 8.26. The first-order chi connectivity index (χ1) is 26.0. The van der Waals surface area contributed by atoms with Crippen molar-refractivity contribution in [3.05, 3.63) is 70.5 Å². The molecule has 1 aromatic carbocycles. The number of aryl methyl sites for hydroxylation is 1. The molecule has 15 heteroatoms. The normalized spacial score (nSPS) is 20.7. The predicted molar refractivity (Wildman–Crippen MR) is 206 cm³/mol. The molecule has 0 spiro atoms. The van der Waals surface area contributed by atoms with Gasteiger partial charge in [-0.25, -0.2) is 4.79 Å². The van der Waals surface area contributed by atoms with Crippen molar-refractivity contribution < 1.29 is 38.9 Å². The molecule has 6 N–H and O–H groups in total. The van der Waals surface area contributed by atoms with E-state index in [0.717, 1.165) is 38.5 Å². The number of ether oxygens (including phenoxy) is 1. The van der Waals surface area contributed by atoms with Crippen molar-refractivity contribution >= 4 is 47.6 Å². The topological polar surface area (TPSA) is 199 Å². The van der Waals surface area contributed by atoms with Crippen molar-refractivity contribution in [3.63, 3.8) is 0 Å². The molecule has 1 fully saturated rings. The molecule has 0 aliphatic carbocycles. The zero-order chi connectivity index (χ0) is 39.0. The molecule has 0 radical (unpaired) electrons. The molecule has 4 rings (SSSR count). The van der Waals surface area contributed by atoms with Gasteiger partial charge in [0, 0.05) is 77.9 Å². The number of aliphatic hydroxyl groups is 1. The number of aliphatic carboxylic acids is 1. The minimum atomic E-state index is -1.21. The third kappa shape index (κ3) is 12.4. The number of carboxylic acid groups (broad SMARTS) is 1. The standard InChI is InChI=1S/C39H54N6O8S/c1-25(27(3)47)34-26(2)36(35(39(51)52)45(34)24-46)54-31-20-32(43-22-31)38(50)44-30-14-9-13-29(19-30)37(49)42-17-7-4-6-16-41-33(48)23-53-18-8-5-11-28-12-10-15-40-21-28/h9-10,12-15,19,21,24-27,31-32,34,43,47H,4-8,11,16-18,20,22-23H2,1-3H3,(H,41,48)(H,42,49)(H,44,50)(H,51,52)/t25-,26-,27-,31+,32+,34?/m1/s1. The van der Waals surface area contributed by atoms with Crippen LogP contribution in [0.15, 0.2) is 59.4 Å². The summed E-state index contributed by atoms with van der Waals surface area (Å²) in [5, 5.41) is 31.9. The first-order valence-corrected chi connectivity index (χ1v) is 19.6. The van der Waals surface area contributed by atoms with Crippen molar-refractivity contribution in [2.45, 2.75) is 89.2 Å². The van der Waals surface area contributed by atoms with Crippen LogP contribution in [0.3, 0.4) is 0 Å². The van der Waals surface area contributed by atoms with Crippen molar-refractivity contribution in [1.82, 2.24) is 25.8 Å². The van der Waals surface area contributed by atoms with E-state index in [2.05, 4.69) is 26.3 Å². The molecule has 2 aliphatic heterocycles. The summed E-state index contributed by atoms with van der Waals surface area (Å²) in [7, 11) is 0. The fraction of sp³-hybridized carbons (Fsp3) is 0.538. The minimum absolute atomic E-state index is 0.0424. The van der Waals surface area contributed by atoms with Crippen LogP contribution in [0.2, 0.25) is 0 Å². The Hall–Kier alpha value is -4.31. The summed E-state index contributed by atoms with van der Waals surface area (Å²) in [4.78, 5) is 68.1. The number of carbonyl (C=O) groups is 5. The minimum Gasteiger partial charge on any atom is -0.477 e. The van der Waals surface area contributed by atoms with E-state index >= 15 is 0 Å². The van der Waals surface area contributed by atoms with Crippen LogP contribution >= 0.6 is 11.8 Å². The Labute approximate surface area is 321 Å². The second-order valence-corrected chi connectivity index (χ2v) is 15.3. The quantitative estimate of drug-likeness (QED) is 0.0759. The SMILES string of the molecule is C[C@H]1C(S[C@@H]2CN[C@H](C(=O)Nc3cccc(C(=O)NCCCCCNC(=O)COCCCCc4cccnc4)c3)C2)=C(C(=O)O)N(C=O)C1[C@H](C)[C@@H](C)O. The number of carboxylic acids is 1. The summed E-state index contributed by atoms with van der Waals surface area (Å²) in [5.74, 6) is -2.53. The number of rotatable bonds is 22. The number of anilines is 1. The van der Waals surface area contributed by atoms with E-state index in [1.54, 1.807) is 44.3 Å². The average Bonchev–Trinajstić information content (AvgIpc) is 3.74. The van der Waals surface area contributed by atoms with Crippen molar-refractivity contribution in [1.29, 1.82) is 0 Å². The third-order valence-corrected chi connectivity index (χ3v) is 11.4. The number of thioether (sulfide) groups is 1. The van der Waals surface area contributed by atoms with Gasteiger partial charge in [0.25, 0.3) is 5.91 Å². The van der Waals surface area contributed by atoms with Crippen LogP contribution in [0.1, 0.15) is 75.2 Å². The zero-order valence-electron chi connectivity index (χ0n) is 31.3. The van der Waals surface area contributed by atoms with E-state index in [4.69, 9.17) is 4.74 Å². The smallest absolute Gasteiger partial charge is 0.353 e. The molecule has 1 aromatic heterocycles. The molecule has 1 unspecified atom stereocenters. The molecule has 0 saturated carbocycles. The van der Waals surface area contributed by atoms with Crippen molar-refractivity contribution in [2.24, 2.45) is 11.8 Å². The molecule has 14 nitrogen and oxygen atoms in total. The van der Waals surface area contributed by atoms with E-state index in [1.165, 1.54) is 22.2 Å². The second-order valence-electron chi connectivity index (χ2n) is 14.0. The summed E-state index contributed by atoms with van der Waals surface area (Å²) in [6.45, 7) is 7.33. The van der Waals surface area contributed by atoms with E-state index in [-0.39, 0.29) is 47.1 Å². The van der Waals surface area contributed by atoms with Gasteiger partial charge in [0.15, 0.2) is 0 Å². The lowest BCUT2D eigenvalue weighted by Crippen LogP contribution is -2.42. The van der Waals surface area contributed by atoms with Crippen molar-refractivity contribution in [2.75, 3.05) is 38.2 Å². The molecule has 4 amide bonds. The van der Waals surface area contributed by atoms with Crippen LogP contribution in [0.5, 0.6) is 0 Å². The molecule has 3 heterocycles. The number of aliphatic hydroxyl groups excluding tert-OH is 1. The highest BCUT2D eigenvalue weighted by atomic mass is 32.2. The zero-order valence-corrected chi connectivity index (χ0v) is 32.1. The molecule has 294 valence electrons. The average molecular weight is 767 g/mol. The maximum Gasteiger partial charge on any atom is 0.353 e. The molecular formula is C39H54N6O8S. The lowest BCUT2D eigenvalue weighted by atomic mass is 9.88. The summed E-state index contributed by atoms with van der Waals surface area (Å²) >= 11 is 1.36. The number of aromatic nitrogens is 1. The number of unbranched alkanes of at least 4 members (excludes halogenated alkanes) is 3. The van der Waals surface area contributed by atoms with Crippen LogP contribution in [-0.2, 0) is 30.3 Å². The molecule has 6 atom stereocenters. The molecule has 0 bridgehead atoms. The molecule has 1 saturated heterocycles. The Kier molecular flexibility index (Phi) is 16.9. The number of hydrogen-bond acceptors (Lipinski definition) is 10. The summed E-state index contributed by atoms with van der Waals surface area (Å²) in [6.07, 6.45) is 8.96. The fourth-order valence-electron chi connectivity index (χ4n) is 6.78. The Morgan fingerprint density at radius 2 is 1.85 bits per heavy atom. The summed E-state index contributed by atoms with van der Waals surface area (Å²) in [6, 6.07) is 9.64. The number of carbonyl (C=O) groups excluding carboxylic acids is 4. The van der Waals surface area contributed by atoms with Crippen LogP contribution in [0.4, 0.5) is 5.69 Å². The lowest BCUT2D eigenvalue weighted by molar-refractivity contribution is -0.137. The van der Waals surface area contributed by atoms with Crippen LogP contribution in [0.25, 0.3) is 0 Å². The largest absolute Gasteiger partial charge is 0.477 e. The van der Waals surface area contributed by atoms with Gasteiger partial charge in [-0.15, -0.1) is 11.8 Å². The van der Waals surface area contributed by atoms with Gasteiger partial charge >= 0.3 is 5.97 Å². The monoisotopic (exact) mass is 766 g/mol. The Morgan fingerprint density at radius 3 is 2.56 bits per heavy atom. The Bertz CT molecular complexity index is 1610. The van der Waals surface area contributed by atoms with Gasteiger partial charge in [-0.2, -0.15) is 0 Å². The highest BCUT2D eigenvalue weighted by Gasteiger charge is 2.46. The van der Waals surface area contributed by atoms with E-state index in [0.29, 0.717) is 55.2 Å². The number of nitrogens with one attached hydrogen (secondary N) is 4. The molecular weight excluding hydrogens is 713 g/mol. The first kappa shape index (κ1) is 42.4. The molecule has 54 heavy (non-hydrogen) atoms. The molecule has 2 aromatic rings. The number of benzene rings is 1. The second kappa shape index (κ2) is 21.5. The first-order valence-electron chi connectivity index (χ1n) is 18.7. The number of amides is 4. The van der Waals surface area contributed by atoms with Crippen LogP contribution < -0.4 is 21.3 Å². The summed E-state index contributed by atoms with van der Waals surface area (Å²) in [5.41, 5.74) is 2.01. The van der Waals surface area contributed by atoms with Gasteiger partial charge in [0.2, 0.25) is 18.2 Å². The van der Waals surface area contributed by atoms with Crippen molar-refractivity contribution in [3.8, 4) is 0 Å². The van der Waals surface area contributed by atoms with Gasteiger partial charge in [0.1, 0.15) is 12.3 Å². The van der Waals surface area contributed by atoms with Gasteiger partial charge in [0.05, 0.1) is 12.1 Å². The Morgan fingerprint density at radius 1 is 1.07 bits per heavy atom. The van der Waals surface area contributed by atoms with Crippen LogP contribution in [0, 0.1) is 11.8 Å². The summed E-state index contributed by atoms with van der Waals surface area (Å²) < 4.78 is 5.48. The number of hydrogen-bond donors (Lipinski definition) is 6. The van der Waals surface area contributed by atoms with Gasteiger partial charge in [-0.1, -0.05) is 26.0 Å². The lowest BCUT2D eigenvalue weighted by Gasteiger charge is -2.32. The van der Waals surface area contributed by atoms with Gasteiger partial charge in [-0.05, 0) is 81.7 Å². The highest BCUT2D eigenvalue weighted by Crippen LogP contribution is 2.45. The third-order valence-electron chi connectivity index (χ3n) is 9.87. The number of nitrogens with zero attached hydrogens (tertiary/aromatic N) is 2. The van der Waals surface area contributed by atoms with Gasteiger partial charge in [-0.3, -0.25) is 24.2 Å². The van der Waals surface area contributed by atoms with Crippen LogP contribution in [-0.4, -0.2) is 106 Å². The maximum atomic E-state index is 13.2. The maximum absolute atomic E-state index is 13.2. The Balaban J connectivity index is 1.12. The number of pyridine rings is 1. The highest BCUT2D eigenvalue weighted by molar-refractivity contribution is 8.03. The van der Waals surface area contributed by atoms with E-state index < -0.39 is 24.2 Å². The predicted octanol–water partition coefficient (Wildman–Crippen LogP) is 3.33. The van der Waals surface area contributed by atoms with Gasteiger partial charge < -0.3 is 41.1 Å². The van der Waals surface area contributed by atoms with E-state index in [1.807, 2.05) is 25.3 Å². The molecule has 2 aliphatic rings. The van der Waals surface area contributed by atoms with E-state index in [9.17, 15) is 34.2 Å².